The zero-order valence-electron chi connectivity index (χ0n) is 18.1. The predicted octanol–water partition coefficient (Wildman–Crippen LogP) is 4.08. The Hall–Kier alpha value is -1.66. The van der Waals surface area contributed by atoms with E-state index in [1.54, 1.807) is 0 Å². The van der Waals surface area contributed by atoms with E-state index < -0.39 is 0 Å². The lowest BCUT2D eigenvalue weighted by atomic mass is 9.54. The van der Waals surface area contributed by atoms with E-state index >= 15 is 0 Å². The van der Waals surface area contributed by atoms with Gasteiger partial charge in [0.1, 0.15) is 9.71 Å². The summed E-state index contributed by atoms with van der Waals surface area (Å²) in [6.45, 7) is 7.71. The van der Waals surface area contributed by atoms with Crippen molar-refractivity contribution < 1.29 is 4.79 Å². The number of amides is 1. The van der Waals surface area contributed by atoms with Crippen molar-refractivity contribution in [2.75, 3.05) is 31.9 Å². The molecule has 5 aliphatic rings. The molecule has 2 aromatic heterocycles. The number of nitrogens with two attached hydrogens (primary N) is 1. The molecule has 6 heteroatoms. The number of hydrogen-bond acceptors (Lipinski definition) is 5. The molecule has 1 aliphatic heterocycles. The van der Waals surface area contributed by atoms with Crippen molar-refractivity contribution in [2.45, 2.75) is 52.0 Å². The first kappa shape index (κ1) is 19.1. The first-order valence-electron chi connectivity index (χ1n) is 11.7. The van der Waals surface area contributed by atoms with Gasteiger partial charge in [0, 0.05) is 43.3 Å². The number of pyridine rings is 1. The summed E-state index contributed by atoms with van der Waals surface area (Å²) in [4.78, 5) is 24.3. The highest BCUT2D eigenvalue weighted by Crippen LogP contribution is 2.55. The number of carbonyl (C=O) groups excluding carboxylic acids is 1. The molecule has 3 heterocycles. The highest BCUT2D eigenvalue weighted by molar-refractivity contribution is 7.21. The second kappa shape index (κ2) is 6.92. The molecule has 4 saturated carbocycles. The van der Waals surface area contributed by atoms with Crippen LogP contribution in [0.2, 0.25) is 0 Å². The smallest absolute Gasteiger partial charge is 0.266 e. The molecule has 30 heavy (non-hydrogen) atoms. The first-order valence-corrected chi connectivity index (χ1v) is 12.5. The van der Waals surface area contributed by atoms with Gasteiger partial charge in [0.2, 0.25) is 0 Å². The first-order chi connectivity index (χ1) is 14.5. The topological polar surface area (TPSA) is 62.5 Å². The molecule has 5 fully saturated rings. The second-order valence-electron chi connectivity index (χ2n) is 10.4. The van der Waals surface area contributed by atoms with Crippen LogP contribution in [0.4, 0.5) is 5.69 Å². The van der Waals surface area contributed by atoms with Gasteiger partial charge in [0.25, 0.3) is 5.91 Å². The number of thiophene rings is 1. The molecular weight excluding hydrogens is 392 g/mol. The molecule has 160 valence electrons. The van der Waals surface area contributed by atoms with Gasteiger partial charge in [-0.1, -0.05) is 0 Å². The van der Waals surface area contributed by atoms with Crippen LogP contribution in [0.5, 0.6) is 0 Å². The van der Waals surface area contributed by atoms with Crippen LogP contribution in [0.1, 0.15) is 53.0 Å². The molecule has 2 aromatic rings. The van der Waals surface area contributed by atoms with Gasteiger partial charge in [0.05, 0.1) is 5.69 Å². The Morgan fingerprint density at radius 1 is 1.03 bits per heavy atom. The largest absolute Gasteiger partial charge is 0.397 e. The molecule has 4 aliphatic carbocycles. The van der Waals surface area contributed by atoms with E-state index in [4.69, 9.17) is 5.73 Å². The van der Waals surface area contributed by atoms with Crippen LogP contribution in [-0.2, 0) is 0 Å². The van der Waals surface area contributed by atoms with Gasteiger partial charge in [-0.3, -0.25) is 9.69 Å². The van der Waals surface area contributed by atoms with Gasteiger partial charge < -0.3 is 10.6 Å². The summed E-state index contributed by atoms with van der Waals surface area (Å²) in [7, 11) is 0. The number of nitrogens with zero attached hydrogens (tertiary/aromatic N) is 3. The van der Waals surface area contributed by atoms with Gasteiger partial charge in [-0.05, 0) is 81.3 Å². The van der Waals surface area contributed by atoms with Crippen molar-refractivity contribution in [3.63, 3.8) is 0 Å². The van der Waals surface area contributed by atoms with Gasteiger partial charge in [-0.15, -0.1) is 11.3 Å². The quantitative estimate of drug-likeness (QED) is 0.789. The number of aryl methyl sites for hydroxylation is 2. The summed E-state index contributed by atoms with van der Waals surface area (Å²) in [6, 6.07) is 2.82. The summed E-state index contributed by atoms with van der Waals surface area (Å²) >= 11 is 1.46. The molecule has 5 nitrogen and oxygen atoms in total. The third kappa shape index (κ3) is 2.90. The molecule has 7 rings (SSSR count). The molecule has 0 aromatic carbocycles. The van der Waals surface area contributed by atoms with E-state index in [1.165, 1.54) is 43.4 Å². The lowest BCUT2D eigenvalue weighted by Gasteiger charge is -2.58. The van der Waals surface area contributed by atoms with Crippen molar-refractivity contribution in [2.24, 2.45) is 23.7 Å². The van der Waals surface area contributed by atoms with Crippen molar-refractivity contribution in [3.8, 4) is 0 Å². The number of aromatic nitrogens is 1. The zero-order valence-corrected chi connectivity index (χ0v) is 18.9. The molecule has 2 N–H and O–H groups in total. The van der Waals surface area contributed by atoms with E-state index in [1.807, 2.05) is 17.9 Å². The van der Waals surface area contributed by atoms with E-state index in [2.05, 4.69) is 16.8 Å². The average Bonchev–Trinajstić information content (AvgIpc) is 3.03. The maximum atomic E-state index is 13.3. The second-order valence-corrected chi connectivity index (χ2v) is 11.4. The fourth-order valence-electron chi connectivity index (χ4n) is 7.49. The fraction of sp³-hybridized carbons (Fsp3) is 0.667. The molecule has 0 atom stereocenters. The van der Waals surface area contributed by atoms with Gasteiger partial charge in [-0.2, -0.15) is 0 Å². The van der Waals surface area contributed by atoms with Crippen LogP contribution in [0.15, 0.2) is 6.07 Å². The minimum absolute atomic E-state index is 0.0947. The Bertz CT molecular complexity index is 978. The van der Waals surface area contributed by atoms with E-state index in [-0.39, 0.29) is 5.91 Å². The Morgan fingerprint density at radius 2 is 1.67 bits per heavy atom. The summed E-state index contributed by atoms with van der Waals surface area (Å²) in [6.07, 6.45) is 7.34. The minimum atomic E-state index is 0.0947. The van der Waals surface area contributed by atoms with Gasteiger partial charge in [0.15, 0.2) is 0 Å². The lowest BCUT2D eigenvalue weighted by molar-refractivity contribution is -0.0743. The van der Waals surface area contributed by atoms with E-state index in [0.29, 0.717) is 10.6 Å². The number of fused-ring (bicyclic) bond motifs is 1. The number of hydrogen-bond donors (Lipinski definition) is 1. The highest BCUT2D eigenvalue weighted by atomic mass is 32.1. The van der Waals surface area contributed by atoms with Crippen LogP contribution in [0, 0.1) is 37.5 Å². The predicted molar refractivity (Wildman–Crippen MR) is 122 cm³/mol. The molecular formula is C24H32N4OS. The van der Waals surface area contributed by atoms with E-state index in [0.717, 1.165) is 77.4 Å². The van der Waals surface area contributed by atoms with Crippen LogP contribution >= 0.6 is 11.3 Å². The Labute approximate surface area is 182 Å². The van der Waals surface area contributed by atoms with Crippen molar-refractivity contribution in [3.05, 3.63) is 22.2 Å². The third-order valence-corrected chi connectivity index (χ3v) is 9.51. The number of nitrogen functional groups attached to an aromatic ring is 1. The summed E-state index contributed by atoms with van der Waals surface area (Å²) in [5, 5.41) is 0.959. The van der Waals surface area contributed by atoms with Gasteiger partial charge >= 0.3 is 0 Å². The molecule has 1 amide bonds. The molecule has 0 unspecified atom stereocenters. The van der Waals surface area contributed by atoms with Crippen LogP contribution < -0.4 is 5.73 Å². The Morgan fingerprint density at radius 3 is 2.30 bits per heavy atom. The Kier molecular flexibility index (Phi) is 4.40. The van der Waals surface area contributed by atoms with Crippen LogP contribution in [0.25, 0.3) is 10.2 Å². The lowest BCUT2D eigenvalue weighted by Crippen LogP contribution is -2.60. The zero-order chi connectivity index (χ0) is 20.6. The molecule has 0 spiro atoms. The number of carbonyl (C=O) groups is 1. The standard InChI is InChI=1S/C24H32N4OS/c1-13-7-14(2)26-23-19(13)20(25)22(30-23)24(29)28-5-3-27(4-6-28)21-17-9-15-8-16(11-17)12-18(21)10-15/h7,15-18,21H,3-6,8-12,25H2,1-2H3. The number of piperazine rings is 1. The molecule has 0 radical (unpaired) electrons. The summed E-state index contributed by atoms with van der Waals surface area (Å²) in [5.74, 6) is 3.96. The third-order valence-electron chi connectivity index (χ3n) is 8.42. The molecule has 4 bridgehead atoms. The van der Waals surface area contributed by atoms with Crippen LogP contribution in [-0.4, -0.2) is 52.9 Å². The van der Waals surface area contributed by atoms with Crippen LogP contribution in [0.3, 0.4) is 0 Å². The number of anilines is 1. The monoisotopic (exact) mass is 424 g/mol. The van der Waals surface area contributed by atoms with E-state index in [9.17, 15) is 4.79 Å². The normalized spacial score (nSPS) is 33.5. The summed E-state index contributed by atoms with van der Waals surface area (Å²) < 4.78 is 0. The number of rotatable bonds is 2. The van der Waals surface area contributed by atoms with Gasteiger partial charge in [-0.25, -0.2) is 4.98 Å². The van der Waals surface area contributed by atoms with Crippen molar-refractivity contribution in [1.29, 1.82) is 0 Å². The molecule has 1 saturated heterocycles. The highest BCUT2D eigenvalue weighted by Gasteiger charge is 2.50. The average molecular weight is 425 g/mol. The maximum absolute atomic E-state index is 13.3. The van der Waals surface area contributed by atoms with Crippen molar-refractivity contribution in [1.82, 2.24) is 14.8 Å². The summed E-state index contributed by atoms with van der Waals surface area (Å²) in [5.41, 5.74) is 9.14. The fourth-order valence-corrected chi connectivity index (χ4v) is 8.67. The maximum Gasteiger partial charge on any atom is 0.266 e. The Balaban J connectivity index is 1.18. The SMILES string of the molecule is Cc1cc(C)c2c(N)c(C(=O)N3CCN(C4C5CC6CC(C5)CC4C6)CC3)sc2n1. The minimum Gasteiger partial charge on any atom is -0.397 e. The van der Waals surface area contributed by atoms with Crippen molar-refractivity contribution >= 4 is 33.1 Å².